The Labute approximate surface area is 130 Å². The number of carbonyl (C=O) groups excluding carboxylic acids is 1. The molecule has 1 aliphatic carbocycles. The Morgan fingerprint density at radius 1 is 1.29 bits per heavy atom. The quantitative estimate of drug-likeness (QED) is 0.786. The zero-order valence-corrected chi connectivity index (χ0v) is 13.9. The number of nitrogens with one attached hydrogen (secondary N) is 1. The van der Waals surface area contributed by atoms with Crippen LogP contribution in [-0.2, 0) is 22.9 Å². The summed E-state index contributed by atoms with van der Waals surface area (Å²) in [4.78, 5) is 12.9. The summed E-state index contributed by atoms with van der Waals surface area (Å²) in [6.45, 7) is 1.94. The number of amides is 1. The van der Waals surface area contributed by atoms with Crippen molar-refractivity contribution >= 4 is 32.3 Å². The fourth-order valence-corrected chi connectivity index (χ4v) is 5.45. The van der Waals surface area contributed by atoms with E-state index in [4.69, 9.17) is 5.73 Å². The van der Waals surface area contributed by atoms with E-state index in [-0.39, 0.29) is 5.75 Å². The van der Waals surface area contributed by atoms with Crippen molar-refractivity contribution in [2.24, 2.45) is 5.73 Å². The molecule has 0 radical (unpaired) electrons. The van der Waals surface area contributed by atoms with Gasteiger partial charge in [0.15, 0.2) is 0 Å². The summed E-state index contributed by atoms with van der Waals surface area (Å²) in [6.07, 6.45) is 6.35. The maximum Gasteiger partial charge on any atom is 0.252 e. The number of aryl methyl sites for hydroxylation is 1. The van der Waals surface area contributed by atoms with Crippen LogP contribution in [0.4, 0.5) is 5.00 Å². The summed E-state index contributed by atoms with van der Waals surface area (Å²) in [5.41, 5.74) is 6.83. The normalized spacial score (nSPS) is 15.3. The first-order valence-electron chi connectivity index (χ1n) is 7.39. The minimum Gasteiger partial charge on any atom is -0.365 e. The van der Waals surface area contributed by atoms with Gasteiger partial charge in [0.25, 0.3) is 5.91 Å². The second kappa shape index (κ2) is 6.79. The van der Waals surface area contributed by atoms with Crippen molar-refractivity contribution in [1.29, 1.82) is 0 Å². The van der Waals surface area contributed by atoms with Gasteiger partial charge in [0.05, 0.1) is 11.3 Å². The van der Waals surface area contributed by atoms with Crippen molar-refractivity contribution < 1.29 is 13.2 Å². The highest BCUT2D eigenvalue weighted by Crippen LogP contribution is 2.37. The average molecular weight is 330 g/mol. The molecule has 3 N–H and O–H groups in total. The van der Waals surface area contributed by atoms with Gasteiger partial charge in [0.1, 0.15) is 5.00 Å². The van der Waals surface area contributed by atoms with Gasteiger partial charge in [-0.15, -0.1) is 11.3 Å². The van der Waals surface area contributed by atoms with E-state index in [0.717, 1.165) is 49.0 Å². The van der Waals surface area contributed by atoms with Crippen LogP contribution in [0.5, 0.6) is 0 Å². The number of thiophene rings is 1. The molecule has 0 unspecified atom stereocenters. The molecule has 0 spiro atoms. The number of rotatable bonds is 6. The Bertz CT molecular complexity index is 620. The summed E-state index contributed by atoms with van der Waals surface area (Å²) in [5.74, 6) is -0.466. The van der Waals surface area contributed by atoms with Crippen molar-refractivity contribution in [3.8, 4) is 0 Å². The number of hydrogen-bond donors (Lipinski definition) is 2. The minimum absolute atomic E-state index is 0.0737. The van der Waals surface area contributed by atoms with Crippen molar-refractivity contribution in [3.63, 3.8) is 0 Å². The van der Waals surface area contributed by atoms with E-state index in [1.807, 2.05) is 6.92 Å². The summed E-state index contributed by atoms with van der Waals surface area (Å²) in [5, 5.41) is 0.408. The van der Waals surface area contributed by atoms with Crippen LogP contribution in [0, 0.1) is 0 Å². The van der Waals surface area contributed by atoms with Gasteiger partial charge in [0, 0.05) is 4.88 Å². The van der Waals surface area contributed by atoms with Gasteiger partial charge in [-0.05, 0) is 37.7 Å². The van der Waals surface area contributed by atoms with Crippen LogP contribution < -0.4 is 10.5 Å². The van der Waals surface area contributed by atoms with Gasteiger partial charge < -0.3 is 5.73 Å². The Morgan fingerprint density at radius 2 is 2.00 bits per heavy atom. The highest BCUT2D eigenvalue weighted by molar-refractivity contribution is 7.92. The third kappa shape index (κ3) is 3.97. The van der Waals surface area contributed by atoms with E-state index in [0.29, 0.717) is 17.0 Å². The molecule has 1 aromatic rings. The lowest BCUT2D eigenvalue weighted by atomic mass is 10.1. The number of fused-ring (bicyclic) bond motifs is 1. The zero-order chi connectivity index (χ0) is 15.5. The molecule has 21 heavy (non-hydrogen) atoms. The van der Waals surface area contributed by atoms with Gasteiger partial charge >= 0.3 is 0 Å². The Balaban J connectivity index is 2.33. The smallest absolute Gasteiger partial charge is 0.252 e. The number of unbranched alkanes of at least 4 members (excludes halogenated alkanes) is 1. The molecule has 118 valence electrons. The van der Waals surface area contributed by atoms with Gasteiger partial charge in [-0.2, -0.15) is 0 Å². The van der Waals surface area contributed by atoms with Crippen molar-refractivity contribution in [1.82, 2.24) is 0 Å². The molecule has 0 atom stereocenters. The number of carbonyl (C=O) groups is 1. The lowest BCUT2D eigenvalue weighted by molar-refractivity contribution is 0.100. The van der Waals surface area contributed by atoms with Crippen LogP contribution in [0.15, 0.2) is 0 Å². The number of primary amides is 1. The SMILES string of the molecule is CCCCS(=O)(=O)Nc1sc2c(c1C(N)=O)CCCCC2. The molecule has 0 aromatic carbocycles. The van der Waals surface area contributed by atoms with Gasteiger partial charge in [0.2, 0.25) is 10.0 Å². The Kier molecular flexibility index (Phi) is 5.27. The molecule has 0 saturated carbocycles. The molecule has 1 aromatic heterocycles. The molecule has 0 aliphatic heterocycles. The van der Waals surface area contributed by atoms with Gasteiger partial charge in [-0.1, -0.05) is 19.8 Å². The van der Waals surface area contributed by atoms with Crippen LogP contribution in [-0.4, -0.2) is 20.1 Å². The van der Waals surface area contributed by atoms with Crippen LogP contribution in [0.25, 0.3) is 0 Å². The third-order valence-corrected chi connectivity index (χ3v) is 6.36. The molecule has 0 fully saturated rings. The maximum atomic E-state index is 12.1. The van der Waals surface area contributed by atoms with E-state index in [1.54, 1.807) is 0 Å². The lowest BCUT2D eigenvalue weighted by Crippen LogP contribution is -2.20. The molecular weight excluding hydrogens is 308 g/mol. The van der Waals surface area contributed by atoms with Crippen LogP contribution >= 0.6 is 11.3 Å². The number of anilines is 1. The number of sulfonamides is 1. The molecule has 7 heteroatoms. The predicted octanol–water partition coefficient (Wildman–Crippen LogP) is 2.66. The molecule has 1 heterocycles. The molecule has 1 aliphatic rings. The van der Waals surface area contributed by atoms with Gasteiger partial charge in [-0.3, -0.25) is 9.52 Å². The second-order valence-electron chi connectivity index (χ2n) is 5.41. The molecular formula is C14H22N2O3S2. The minimum atomic E-state index is -3.41. The largest absolute Gasteiger partial charge is 0.365 e. The van der Waals surface area contributed by atoms with Crippen LogP contribution in [0.3, 0.4) is 0 Å². The summed E-state index contributed by atoms with van der Waals surface area (Å²) in [6, 6.07) is 0. The van der Waals surface area contributed by atoms with Crippen LogP contribution in [0.1, 0.15) is 59.8 Å². The summed E-state index contributed by atoms with van der Waals surface area (Å²) in [7, 11) is -3.41. The molecule has 0 saturated heterocycles. The summed E-state index contributed by atoms with van der Waals surface area (Å²) < 4.78 is 26.7. The van der Waals surface area contributed by atoms with E-state index in [2.05, 4.69) is 4.72 Å². The molecule has 5 nitrogen and oxygen atoms in total. The standard InChI is InChI=1S/C14H22N2O3S2/c1-2-3-9-21(18,19)16-14-12(13(15)17)10-7-5-4-6-8-11(10)20-14/h16H,2-9H2,1H3,(H2,15,17). The highest BCUT2D eigenvalue weighted by Gasteiger charge is 2.25. The lowest BCUT2D eigenvalue weighted by Gasteiger charge is -2.08. The van der Waals surface area contributed by atoms with Crippen molar-refractivity contribution in [3.05, 3.63) is 16.0 Å². The first-order valence-corrected chi connectivity index (χ1v) is 9.86. The topological polar surface area (TPSA) is 89.3 Å². The monoisotopic (exact) mass is 330 g/mol. The van der Waals surface area contributed by atoms with E-state index in [1.165, 1.54) is 11.3 Å². The predicted molar refractivity (Wildman–Crippen MR) is 86.4 cm³/mol. The number of nitrogens with two attached hydrogens (primary N) is 1. The van der Waals surface area contributed by atoms with Gasteiger partial charge in [-0.25, -0.2) is 8.42 Å². The maximum absolute atomic E-state index is 12.1. The average Bonchev–Trinajstić information content (AvgIpc) is 2.57. The second-order valence-corrected chi connectivity index (χ2v) is 8.35. The van der Waals surface area contributed by atoms with Crippen molar-refractivity contribution in [2.45, 2.75) is 51.9 Å². The Morgan fingerprint density at radius 3 is 2.67 bits per heavy atom. The number of hydrogen-bond acceptors (Lipinski definition) is 4. The Hall–Kier alpha value is -1.08. The zero-order valence-electron chi connectivity index (χ0n) is 12.3. The molecule has 2 rings (SSSR count). The fourth-order valence-electron chi connectivity index (χ4n) is 2.60. The first kappa shape index (κ1) is 16.3. The first-order chi connectivity index (χ1) is 9.94. The van der Waals surface area contributed by atoms with Crippen molar-refractivity contribution in [2.75, 3.05) is 10.5 Å². The van der Waals surface area contributed by atoms with E-state index in [9.17, 15) is 13.2 Å². The molecule has 1 amide bonds. The third-order valence-electron chi connectivity index (χ3n) is 3.68. The van der Waals surface area contributed by atoms with Crippen LogP contribution in [0.2, 0.25) is 0 Å². The van der Waals surface area contributed by atoms with E-state index >= 15 is 0 Å². The molecule has 0 bridgehead atoms. The highest BCUT2D eigenvalue weighted by atomic mass is 32.2. The fraction of sp³-hybridized carbons (Fsp3) is 0.643. The summed E-state index contributed by atoms with van der Waals surface area (Å²) >= 11 is 1.37. The van der Waals surface area contributed by atoms with E-state index < -0.39 is 15.9 Å².